The van der Waals surface area contributed by atoms with Gasteiger partial charge in [0.2, 0.25) is 5.91 Å². The summed E-state index contributed by atoms with van der Waals surface area (Å²) >= 11 is 0. The summed E-state index contributed by atoms with van der Waals surface area (Å²) in [6, 6.07) is 16.0. The standard InChI is InChI=1S/C19H23N3O2/c1-13-3-7-15(8-4-13)18-17(12-21-22-18)19(23)20-11-14-5-9-16(24-2)10-6-14/h3-10,17-18,21-22H,11-12H2,1-2H3,(H,20,23). The molecular weight excluding hydrogens is 302 g/mol. The Morgan fingerprint density at radius 3 is 2.54 bits per heavy atom. The maximum atomic E-state index is 12.6. The van der Waals surface area contributed by atoms with Gasteiger partial charge in [-0.2, -0.15) is 0 Å². The molecule has 0 radical (unpaired) electrons. The van der Waals surface area contributed by atoms with Gasteiger partial charge in [-0.1, -0.05) is 42.0 Å². The van der Waals surface area contributed by atoms with Crippen LogP contribution in [0.1, 0.15) is 22.7 Å². The summed E-state index contributed by atoms with van der Waals surface area (Å²) in [5.41, 5.74) is 9.70. The maximum Gasteiger partial charge on any atom is 0.226 e. The fraction of sp³-hybridized carbons (Fsp3) is 0.316. The van der Waals surface area contributed by atoms with E-state index in [-0.39, 0.29) is 17.9 Å². The van der Waals surface area contributed by atoms with Gasteiger partial charge in [0.1, 0.15) is 5.75 Å². The third-order valence-corrected chi connectivity index (χ3v) is 4.38. The molecule has 3 N–H and O–H groups in total. The smallest absolute Gasteiger partial charge is 0.226 e. The van der Waals surface area contributed by atoms with Gasteiger partial charge in [-0.15, -0.1) is 0 Å². The van der Waals surface area contributed by atoms with Crippen LogP contribution in [0, 0.1) is 12.8 Å². The Morgan fingerprint density at radius 2 is 1.88 bits per heavy atom. The van der Waals surface area contributed by atoms with Crippen molar-refractivity contribution in [3.8, 4) is 5.75 Å². The van der Waals surface area contributed by atoms with E-state index in [9.17, 15) is 4.79 Å². The number of hydrogen-bond donors (Lipinski definition) is 3. The highest BCUT2D eigenvalue weighted by atomic mass is 16.5. The van der Waals surface area contributed by atoms with Crippen LogP contribution >= 0.6 is 0 Å². The van der Waals surface area contributed by atoms with Gasteiger partial charge in [0.25, 0.3) is 0 Å². The lowest BCUT2D eigenvalue weighted by Gasteiger charge is -2.18. The van der Waals surface area contributed by atoms with E-state index in [1.54, 1.807) is 7.11 Å². The molecule has 0 bridgehead atoms. The highest BCUT2D eigenvalue weighted by Crippen LogP contribution is 2.25. The van der Waals surface area contributed by atoms with Crippen LogP contribution in [0.3, 0.4) is 0 Å². The van der Waals surface area contributed by atoms with Gasteiger partial charge in [0, 0.05) is 13.1 Å². The van der Waals surface area contributed by atoms with Gasteiger partial charge >= 0.3 is 0 Å². The number of rotatable bonds is 5. The van der Waals surface area contributed by atoms with Gasteiger partial charge in [0.05, 0.1) is 19.1 Å². The number of nitrogens with one attached hydrogen (secondary N) is 3. The minimum atomic E-state index is -0.133. The van der Waals surface area contributed by atoms with Crippen molar-refractivity contribution in [2.75, 3.05) is 13.7 Å². The van der Waals surface area contributed by atoms with Crippen LogP contribution in [0.25, 0.3) is 0 Å². The molecule has 5 heteroatoms. The maximum absolute atomic E-state index is 12.6. The number of hydrazine groups is 1. The fourth-order valence-electron chi connectivity index (χ4n) is 2.89. The first-order valence-electron chi connectivity index (χ1n) is 8.13. The van der Waals surface area contributed by atoms with Crippen molar-refractivity contribution in [3.05, 3.63) is 65.2 Å². The number of aryl methyl sites for hydroxylation is 1. The minimum Gasteiger partial charge on any atom is -0.497 e. The second-order valence-electron chi connectivity index (χ2n) is 6.09. The Kier molecular flexibility index (Phi) is 5.13. The summed E-state index contributed by atoms with van der Waals surface area (Å²) < 4.78 is 5.14. The fourth-order valence-corrected chi connectivity index (χ4v) is 2.89. The topological polar surface area (TPSA) is 62.4 Å². The average molecular weight is 325 g/mol. The van der Waals surface area contributed by atoms with Crippen molar-refractivity contribution in [1.82, 2.24) is 16.2 Å². The molecule has 0 aromatic heterocycles. The molecule has 5 nitrogen and oxygen atoms in total. The summed E-state index contributed by atoms with van der Waals surface area (Å²) in [4.78, 5) is 12.6. The molecule has 2 unspecified atom stereocenters. The van der Waals surface area contributed by atoms with Crippen molar-refractivity contribution < 1.29 is 9.53 Å². The minimum absolute atomic E-state index is 0.0125. The van der Waals surface area contributed by atoms with E-state index in [0.717, 1.165) is 16.9 Å². The Bertz CT molecular complexity index is 683. The summed E-state index contributed by atoms with van der Waals surface area (Å²) in [5, 5.41) is 3.03. The molecule has 2 aromatic rings. The molecule has 0 spiro atoms. The lowest BCUT2D eigenvalue weighted by molar-refractivity contribution is -0.125. The lowest BCUT2D eigenvalue weighted by Crippen LogP contribution is -2.34. The quantitative estimate of drug-likeness (QED) is 0.788. The van der Waals surface area contributed by atoms with Crippen LogP contribution in [0.4, 0.5) is 0 Å². The highest BCUT2D eigenvalue weighted by molar-refractivity contribution is 5.80. The predicted octanol–water partition coefficient (Wildman–Crippen LogP) is 2.09. The number of ether oxygens (including phenoxy) is 1. The molecule has 2 aromatic carbocycles. The van der Waals surface area contributed by atoms with Crippen LogP contribution in [-0.2, 0) is 11.3 Å². The first-order chi connectivity index (χ1) is 11.7. The molecule has 0 aliphatic carbocycles. The molecule has 0 saturated carbocycles. The van der Waals surface area contributed by atoms with E-state index in [1.165, 1.54) is 5.56 Å². The molecule has 1 saturated heterocycles. The van der Waals surface area contributed by atoms with Crippen LogP contribution in [0.15, 0.2) is 48.5 Å². The number of amides is 1. The van der Waals surface area contributed by atoms with E-state index in [0.29, 0.717) is 13.1 Å². The van der Waals surface area contributed by atoms with Gasteiger partial charge < -0.3 is 10.1 Å². The number of carbonyl (C=O) groups excluding carboxylic acids is 1. The zero-order valence-electron chi connectivity index (χ0n) is 14.0. The largest absolute Gasteiger partial charge is 0.497 e. The Hall–Kier alpha value is -2.37. The van der Waals surface area contributed by atoms with Gasteiger partial charge in [-0.3, -0.25) is 10.2 Å². The predicted molar refractivity (Wildman–Crippen MR) is 93.4 cm³/mol. The van der Waals surface area contributed by atoms with E-state index >= 15 is 0 Å². The Labute approximate surface area is 142 Å². The highest BCUT2D eigenvalue weighted by Gasteiger charge is 2.33. The van der Waals surface area contributed by atoms with Crippen molar-refractivity contribution in [2.24, 2.45) is 5.92 Å². The third-order valence-electron chi connectivity index (χ3n) is 4.38. The Balaban J connectivity index is 1.61. The molecule has 1 fully saturated rings. The molecule has 126 valence electrons. The number of hydrogen-bond acceptors (Lipinski definition) is 4. The van der Waals surface area contributed by atoms with Crippen molar-refractivity contribution in [2.45, 2.75) is 19.5 Å². The van der Waals surface area contributed by atoms with Crippen LogP contribution in [0.5, 0.6) is 5.75 Å². The summed E-state index contributed by atoms with van der Waals surface area (Å²) in [5.74, 6) is 0.730. The summed E-state index contributed by atoms with van der Waals surface area (Å²) in [7, 11) is 1.64. The van der Waals surface area contributed by atoms with Crippen molar-refractivity contribution in [1.29, 1.82) is 0 Å². The number of benzene rings is 2. The average Bonchev–Trinajstić information content (AvgIpc) is 3.10. The van der Waals surface area contributed by atoms with Crippen molar-refractivity contribution >= 4 is 5.91 Å². The van der Waals surface area contributed by atoms with Crippen molar-refractivity contribution in [3.63, 3.8) is 0 Å². The first kappa shape index (κ1) is 16.5. The van der Waals surface area contributed by atoms with E-state index in [4.69, 9.17) is 4.74 Å². The zero-order valence-corrected chi connectivity index (χ0v) is 14.0. The normalized spacial score (nSPS) is 19.9. The van der Waals surface area contributed by atoms with Gasteiger partial charge in [0.15, 0.2) is 0 Å². The first-order valence-corrected chi connectivity index (χ1v) is 8.13. The van der Waals surface area contributed by atoms with E-state index in [2.05, 4.69) is 47.4 Å². The van der Waals surface area contributed by atoms with Crippen LogP contribution in [-0.4, -0.2) is 19.6 Å². The molecule has 1 heterocycles. The summed E-state index contributed by atoms with van der Waals surface area (Å²) in [6.45, 7) is 3.19. The molecule has 24 heavy (non-hydrogen) atoms. The monoisotopic (exact) mass is 325 g/mol. The van der Waals surface area contributed by atoms with E-state index < -0.39 is 0 Å². The second-order valence-corrected chi connectivity index (χ2v) is 6.09. The number of methoxy groups -OCH3 is 1. The Morgan fingerprint density at radius 1 is 1.17 bits per heavy atom. The van der Waals surface area contributed by atoms with Gasteiger partial charge in [-0.25, -0.2) is 5.43 Å². The van der Waals surface area contributed by atoms with Gasteiger partial charge in [-0.05, 0) is 30.2 Å². The zero-order chi connectivity index (χ0) is 16.9. The van der Waals surface area contributed by atoms with Crippen LogP contribution in [0.2, 0.25) is 0 Å². The molecule has 1 amide bonds. The molecule has 1 aliphatic rings. The molecular formula is C19H23N3O2. The second kappa shape index (κ2) is 7.47. The molecule has 3 rings (SSSR count). The molecule has 2 atom stereocenters. The summed E-state index contributed by atoms with van der Waals surface area (Å²) in [6.07, 6.45) is 0. The number of carbonyl (C=O) groups is 1. The SMILES string of the molecule is COc1ccc(CNC(=O)C2CNNC2c2ccc(C)cc2)cc1. The van der Waals surface area contributed by atoms with E-state index in [1.807, 2.05) is 24.3 Å². The van der Waals surface area contributed by atoms with Crippen LogP contribution < -0.4 is 20.9 Å². The molecule has 1 aliphatic heterocycles. The lowest BCUT2D eigenvalue weighted by atomic mass is 9.93. The third kappa shape index (κ3) is 3.75.